The van der Waals surface area contributed by atoms with E-state index in [-0.39, 0.29) is 6.10 Å². The minimum atomic E-state index is 0.288. The van der Waals surface area contributed by atoms with Gasteiger partial charge in [0.15, 0.2) is 0 Å². The second-order valence-corrected chi connectivity index (χ2v) is 4.75. The van der Waals surface area contributed by atoms with Crippen LogP contribution in [-0.2, 0) is 6.54 Å². The summed E-state index contributed by atoms with van der Waals surface area (Å²) in [5, 5.41) is 3.28. The highest BCUT2D eigenvalue weighted by Crippen LogP contribution is 2.19. The van der Waals surface area contributed by atoms with E-state index in [1.807, 2.05) is 6.20 Å². The van der Waals surface area contributed by atoms with E-state index in [2.05, 4.69) is 34.2 Å². The molecule has 100 valence electrons. The monoisotopic (exact) mass is 250 g/mol. The van der Waals surface area contributed by atoms with E-state index in [0.29, 0.717) is 0 Å². The van der Waals surface area contributed by atoms with E-state index in [9.17, 15) is 0 Å². The number of piperidine rings is 1. The van der Waals surface area contributed by atoms with Crippen LogP contribution in [-0.4, -0.2) is 47.7 Å². The lowest BCUT2D eigenvalue weighted by Gasteiger charge is -2.29. The topological polar surface area (TPSA) is 50.3 Å². The molecule has 0 amide bonds. The summed E-state index contributed by atoms with van der Waals surface area (Å²) in [6.45, 7) is 5.97. The van der Waals surface area contributed by atoms with Gasteiger partial charge in [-0.05, 0) is 26.4 Å². The quantitative estimate of drug-likeness (QED) is 0.847. The van der Waals surface area contributed by atoms with Crippen molar-refractivity contribution in [3.05, 3.63) is 18.1 Å². The molecular weight excluding hydrogens is 228 g/mol. The van der Waals surface area contributed by atoms with Crippen LogP contribution in [0.1, 0.15) is 25.3 Å². The fourth-order valence-electron chi connectivity index (χ4n) is 2.09. The molecule has 5 heteroatoms. The Balaban J connectivity index is 1.95. The molecule has 2 rings (SSSR count). The molecule has 0 aliphatic carbocycles. The summed E-state index contributed by atoms with van der Waals surface area (Å²) >= 11 is 0. The van der Waals surface area contributed by atoms with Crippen LogP contribution >= 0.6 is 0 Å². The molecule has 2 heterocycles. The Morgan fingerprint density at radius 2 is 2.22 bits per heavy atom. The maximum absolute atomic E-state index is 6.01. The highest BCUT2D eigenvalue weighted by atomic mass is 16.5. The van der Waals surface area contributed by atoms with Crippen LogP contribution in [0, 0.1) is 0 Å². The first kappa shape index (κ1) is 13.2. The van der Waals surface area contributed by atoms with Crippen molar-refractivity contribution in [1.82, 2.24) is 20.2 Å². The van der Waals surface area contributed by atoms with Crippen LogP contribution < -0.4 is 10.1 Å². The first-order valence-electron chi connectivity index (χ1n) is 6.64. The normalized spacial score (nSPS) is 17.9. The molecule has 0 aromatic carbocycles. The molecule has 18 heavy (non-hydrogen) atoms. The maximum Gasteiger partial charge on any atom is 0.221 e. The SMILES string of the molecule is CCNCc1cncnc1OC1CCN(C)CC1. The van der Waals surface area contributed by atoms with Gasteiger partial charge < -0.3 is 15.0 Å². The van der Waals surface area contributed by atoms with Gasteiger partial charge in [0.1, 0.15) is 12.4 Å². The third-order valence-electron chi connectivity index (χ3n) is 3.26. The van der Waals surface area contributed by atoms with E-state index < -0.39 is 0 Å². The predicted molar refractivity (Wildman–Crippen MR) is 70.6 cm³/mol. The van der Waals surface area contributed by atoms with Gasteiger partial charge in [-0.25, -0.2) is 9.97 Å². The fraction of sp³-hybridized carbons (Fsp3) is 0.692. The molecule has 0 bridgehead atoms. The fourth-order valence-corrected chi connectivity index (χ4v) is 2.09. The minimum absolute atomic E-state index is 0.288. The Kier molecular flexibility index (Phi) is 4.90. The van der Waals surface area contributed by atoms with Crippen molar-refractivity contribution in [2.45, 2.75) is 32.4 Å². The Labute approximate surface area is 109 Å². The average molecular weight is 250 g/mol. The van der Waals surface area contributed by atoms with Crippen molar-refractivity contribution in [2.24, 2.45) is 0 Å². The van der Waals surface area contributed by atoms with Gasteiger partial charge in [0, 0.05) is 31.4 Å². The Morgan fingerprint density at radius 1 is 1.44 bits per heavy atom. The van der Waals surface area contributed by atoms with Crippen LogP contribution in [0.5, 0.6) is 5.88 Å². The first-order valence-corrected chi connectivity index (χ1v) is 6.64. The molecule has 1 fully saturated rings. The van der Waals surface area contributed by atoms with Gasteiger partial charge in [-0.1, -0.05) is 6.92 Å². The van der Waals surface area contributed by atoms with E-state index in [1.54, 1.807) is 6.33 Å². The third kappa shape index (κ3) is 3.65. The molecule has 5 nitrogen and oxygen atoms in total. The largest absolute Gasteiger partial charge is 0.474 e. The molecule has 0 unspecified atom stereocenters. The van der Waals surface area contributed by atoms with Crippen LogP contribution in [0.4, 0.5) is 0 Å². The zero-order valence-electron chi connectivity index (χ0n) is 11.2. The van der Waals surface area contributed by atoms with Crippen molar-refractivity contribution in [1.29, 1.82) is 0 Å². The number of rotatable bonds is 5. The lowest BCUT2D eigenvalue weighted by Crippen LogP contribution is -2.36. The van der Waals surface area contributed by atoms with Gasteiger partial charge in [-0.15, -0.1) is 0 Å². The lowest BCUT2D eigenvalue weighted by molar-refractivity contribution is 0.108. The van der Waals surface area contributed by atoms with Crippen LogP contribution in [0.15, 0.2) is 12.5 Å². The van der Waals surface area contributed by atoms with E-state index >= 15 is 0 Å². The van der Waals surface area contributed by atoms with Gasteiger partial charge in [0.25, 0.3) is 0 Å². The number of hydrogen-bond donors (Lipinski definition) is 1. The third-order valence-corrected chi connectivity index (χ3v) is 3.26. The Bertz CT molecular complexity index is 364. The van der Waals surface area contributed by atoms with E-state index in [4.69, 9.17) is 4.74 Å². The van der Waals surface area contributed by atoms with E-state index in [1.165, 1.54) is 0 Å². The zero-order valence-corrected chi connectivity index (χ0v) is 11.2. The molecule has 1 aliphatic rings. The minimum Gasteiger partial charge on any atom is -0.474 e. The molecule has 0 spiro atoms. The van der Waals surface area contributed by atoms with Crippen molar-refractivity contribution in [3.63, 3.8) is 0 Å². The Hall–Kier alpha value is -1.20. The van der Waals surface area contributed by atoms with Crippen LogP contribution in [0.25, 0.3) is 0 Å². The van der Waals surface area contributed by atoms with Crippen LogP contribution in [0.2, 0.25) is 0 Å². The number of nitrogens with zero attached hydrogens (tertiary/aromatic N) is 3. The highest BCUT2D eigenvalue weighted by Gasteiger charge is 2.19. The molecule has 1 aromatic heterocycles. The van der Waals surface area contributed by atoms with Crippen molar-refractivity contribution in [2.75, 3.05) is 26.7 Å². The molecule has 0 radical (unpaired) electrons. The number of likely N-dealkylation sites (tertiary alicyclic amines) is 1. The standard InChI is InChI=1S/C13H22N4O/c1-3-14-8-11-9-15-10-16-13(11)18-12-4-6-17(2)7-5-12/h9-10,12,14H,3-8H2,1-2H3. The van der Waals surface area contributed by atoms with Gasteiger partial charge >= 0.3 is 0 Å². The molecular formula is C13H22N4O. The first-order chi connectivity index (χ1) is 8.79. The molecule has 0 atom stereocenters. The Morgan fingerprint density at radius 3 is 2.94 bits per heavy atom. The summed E-state index contributed by atoms with van der Waals surface area (Å²) in [4.78, 5) is 10.7. The lowest BCUT2D eigenvalue weighted by atomic mass is 10.1. The summed E-state index contributed by atoms with van der Waals surface area (Å²) in [7, 11) is 2.15. The summed E-state index contributed by atoms with van der Waals surface area (Å²) < 4.78 is 6.01. The molecule has 1 aromatic rings. The van der Waals surface area contributed by atoms with Gasteiger partial charge in [-0.2, -0.15) is 0 Å². The number of ether oxygens (including phenoxy) is 1. The van der Waals surface area contributed by atoms with Crippen LogP contribution in [0.3, 0.4) is 0 Å². The molecule has 1 aliphatic heterocycles. The van der Waals surface area contributed by atoms with Crippen molar-refractivity contribution < 1.29 is 4.74 Å². The number of hydrogen-bond acceptors (Lipinski definition) is 5. The summed E-state index contributed by atoms with van der Waals surface area (Å²) in [5.41, 5.74) is 1.04. The number of nitrogens with one attached hydrogen (secondary N) is 1. The summed E-state index contributed by atoms with van der Waals surface area (Å²) in [6, 6.07) is 0. The zero-order chi connectivity index (χ0) is 12.8. The molecule has 1 N–H and O–H groups in total. The van der Waals surface area contributed by atoms with Crippen molar-refractivity contribution >= 4 is 0 Å². The van der Waals surface area contributed by atoms with Gasteiger partial charge in [0.2, 0.25) is 5.88 Å². The second kappa shape index (κ2) is 6.66. The smallest absolute Gasteiger partial charge is 0.221 e. The van der Waals surface area contributed by atoms with E-state index in [0.717, 1.165) is 50.5 Å². The predicted octanol–water partition coefficient (Wildman–Crippen LogP) is 1.06. The number of aromatic nitrogens is 2. The van der Waals surface area contributed by atoms with Gasteiger partial charge in [-0.3, -0.25) is 0 Å². The second-order valence-electron chi connectivity index (χ2n) is 4.75. The molecule has 1 saturated heterocycles. The van der Waals surface area contributed by atoms with Gasteiger partial charge in [0.05, 0.1) is 0 Å². The molecule has 0 saturated carbocycles. The summed E-state index contributed by atoms with van der Waals surface area (Å²) in [6.07, 6.45) is 5.82. The maximum atomic E-state index is 6.01. The van der Waals surface area contributed by atoms with Crippen molar-refractivity contribution in [3.8, 4) is 5.88 Å². The highest BCUT2D eigenvalue weighted by molar-refractivity contribution is 5.22. The summed E-state index contributed by atoms with van der Waals surface area (Å²) in [5.74, 6) is 0.737. The average Bonchev–Trinajstić information content (AvgIpc) is 2.40.